The fraction of sp³-hybridized carbons (Fsp3) is 0.0182. The van der Waals surface area contributed by atoms with Crippen LogP contribution in [0, 0.1) is 0 Å². The second-order valence-corrected chi connectivity index (χ2v) is 15.2. The van der Waals surface area contributed by atoms with Gasteiger partial charge in [-0.1, -0.05) is 194 Å². The van der Waals surface area contributed by atoms with Gasteiger partial charge in [-0.3, -0.25) is 0 Å². The Bertz CT molecular complexity index is 3180. The van der Waals surface area contributed by atoms with Gasteiger partial charge in [0.05, 0.1) is 16.8 Å². The lowest BCUT2D eigenvalue weighted by atomic mass is 9.64. The van der Waals surface area contributed by atoms with Gasteiger partial charge in [0, 0.05) is 16.7 Å². The van der Waals surface area contributed by atoms with E-state index in [1.54, 1.807) is 0 Å². The molecule has 9 aromatic carbocycles. The van der Waals surface area contributed by atoms with Gasteiger partial charge in [-0.05, 0) is 89.3 Å². The Hall–Kier alpha value is -7.42. The van der Waals surface area contributed by atoms with E-state index in [1.807, 2.05) is 0 Å². The molecule has 2 nitrogen and oxygen atoms in total. The third kappa shape index (κ3) is 4.53. The molecule has 2 heteroatoms. The first kappa shape index (κ1) is 31.9. The number of aromatic nitrogens is 2. The van der Waals surface area contributed by atoms with Crippen LogP contribution in [0.2, 0.25) is 0 Å². The number of nitrogens with zero attached hydrogens (tertiary/aromatic N) is 2. The molecule has 1 unspecified atom stereocenters. The molecule has 1 aromatic heterocycles. The monoisotopic (exact) mass is 722 g/mol. The van der Waals surface area contributed by atoms with Crippen molar-refractivity contribution in [3.05, 3.63) is 229 Å². The normalized spacial score (nSPS) is 14.7. The lowest BCUT2D eigenvalue weighted by Crippen LogP contribution is -2.29. The van der Waals surface area contributed by atoms with E-state index in [4.69, 9.17) is 9.97 Å². The van der Waals surface area contributed by atoms with Crippen LogP contribution in [0.25, 0.3) is 88.8 Å². The molecule has 0 saturated carbocycles. The summed E-state index contributed by atoms with van der Waals surface area (Å²) in [7, 11) is 0. The quantitative estimate of drug-likeness (QED) is 0.170. The predicted molar refractivity (Wildman–Crippen MR) is 235 cm³/mol. The zero-order valence-electron chi connectivity index (χ0n) is 31.0. The highest BCUT2D eigenvalue weighted by molar-refractivity contribution is 6.19. The fourth-order valence-corrected chi connectivity index (χ4v) is 9.99. The van der Waals surface area contributed by atoms with Gasteiger partial charge < -0.3 is 0 Å². The Morgan fingerprint density at radius 3 is 1.39 bits per heavy atom. The molecule has 0 radical (unpaired) electrons. The van der Waals surface area contributed by atoms with Crippen LogP contribution in [-0.2, 0) is 5.41 Å². The first-order chi connectivity index (χ1) is 28.3. The van der Waals surface area contributed by atoms with E-state index in [0.29, 0.717) is 5.82 Å². The third-order valence-corrected chi connectivity index (χ3v) is 12.3. The van der Waals surface area contributed by atoms with Crippen LogP contribution in [-0.4, -0.2) is 9.97 Å². The van der Waals surface area contributed by atoms with Gasteiger partial charge in [-0.25, -0.2) is 9.97 Å². The van der Waals surface area contributed by atoms with E-state index in [0.717, 1.165) is 28.1 Å². The maximum atomic E-state index is 5.34. The molecule has 10 aromatic rings. The van der Waals surface area contributed by atoms with Crippen molar-refractivity contribution in [3.8, 4) is 67.3 Å². The first-order valence-corrected chi connectivity index (χ1v) is 19.7. The van der Waals surface area contributed by atoms with Crippen molar-refractivity contribution in [2.24, 2.45) is 0 Å². The average molecular weight is 723 g/mol. The number of hydrogen-bond acceptors (Lipinski definition) is 2. The van der Waals surface area contributed by atoms with Crippen LogP contribution in [0.4, 0.5) is 0 Å². The standard InChI is InChI=1S/C55H34N2/c1-3-17-35(18-4-1)50-34-51(36-19-5-2-6-20-36)57-54(56-50)37-31-32-43-39-22-8-7-21-38(39)42-25-13-15-29-47(42)55(49(43)33-37)48-30-16-14-28-46(48)52-44-26-11-9-23-40(44)41-24-10-12-27-45(41)53(52)55/h1-34H. The lowest BCUT2D eigenvalue weighted by Gasteiger charge is -2.36. The summed E-state index contributed by atoms with van der Waals surface area (Å²) >= 11 is 0. The molecular formula is C55H34N2. The summed E-state index contributed by atoms with van der Waals surface area (Å²) in [6.45, 7) is 0. The fourth-order valence-electron chi connectivity index (χ4n) is 9.99. The molecular weight excluding hydrogens is 689 g/mol. The minimum Gasteiger partial charge on any atom is -0.228 e. The molecule has 0 bridgehead atoms. The summed E-state index contributed by atoms with van der Waals surface area (Å²) in [5.74, 6) is 0.703. The van der Waals surface area contributed by atoms with Crippen LogP contribution < -0.4 is 0 Å². The van der Waals surface area contributed by atoms with Gasteiger partial charge in [-0.15, -0.1) is 0 Å². The number of benzene rings is 9. The van der Waals surface area contributed by atoms with Crippen molar-refractivity contribution in [3.63, 3.8) is 0 Å². The summed E-state index contributed by atoms with van der Waals surface area (Å²) in [4.78, 5) is 10.7. The molecule has 2 aliphatic rings. The van der Waals surface area contributed by atoms with Crippen molar-refractivity contribution < 1.29 is 0 Å². The maximum absolute atomic E-state index is 5.34. The van der Waals surface area contributed by atoms with E-state index in [1.165, 1.54) is 77.2 Å². The third-order valence-electron chi connectivity index (χ3n) is 12.3. The van der Waals surface area contributed by atoms with Crippen LogP contribution in [0.3, 0.4) is 0 Å². The molecule has 1 spiro atoms. The van der Waals surface area contributed by atoms with E-state index in [-0.39, 0.29) is 0 Å². The van der Waals surface area contributed by atoms with Crippen molar-refractivity contribution in [2.45, 2.75) is 5.41 Å². The van der Waals surface area contributed by atoms with E-state index >= 15 is 0 Å². The second kappa shape index (κ2) is 12.3. The Morgan fingerprint density at radius 2 is 0.754 bits per heavy atom. The van der Waals surface area contributed by atoms with Gasteiger partial charge in [0.25, 0.3) is 0 Å². The lowest BCUT2D eigenvalue weighted by molar-refractivity contribution is 0.783. The summed E-state index contributed by atoms with van der Waals surface area (Å²) in [6.07, 6.45) is 0. The van der Waals surface area contributed by atoms with E-state index < -0.39 is 5.41 Å². The smallest absolute Gasteiger partial charge is 0.160 e. The van der Waals surface area contributed by atoms with Crippen molar-refractivity contribution >= 4 is 21.5 Å². The number of hydrogen-bond donors (Lipinski definition) is 0. The highest BCUT2D eigenvalue weighted by atomic mass is 14.9. The van der Waals surface area contributed by atoms with Crippen LogP contribution >= 0.6 is 0 Å². The second-order valence-electron chi connectivity index (χ2n) is 15.2. The Labute approximate surface area is 331 Å². The molecule has 0 fully saturated rings. The minimum absolute atomic E-state index is 0.671. The Morgan fingerprint density at radius 1 is 0.298 bits per heavy atom. The molecule has 0 aliphatic heterocycles. The van der Waals surface area contributed by atoms with Gasteiger partial charge in [0.15, 0.2) is 5.82 Å². The largest absolute Gasteiger partial charge is 0.228 e. The summed E-state index contributed by atoms with van der Waals surface area (Å²) < 4.78 is 0. The highest BCUT2D eigenvalue weighted by Crippen LogP contribution is 2.64. The van der Waals surface area contributed by atoms with Crippen LogP contribution in [0.1, 0.15) is 22.3 Å². The van der Waals surface area contributed by atoms with Gasteiger partial charge in [0.1, 0.15) is 0 Å². The number of rotatable bonds is 3. The molecule has 0 saturated heterocycles. The van der Waals surface area contributed by atoms with E-state index in [2.05, 4.69) is 206 Å². The average Bonchev–Trinajstić information content (AvgIpc) is 3.56. The van der Waals surface area contributed by atoms with Gasteiger partial charge in [-0.2, -0.15) is 0 Å². The molecule has 57 heavy (non-hydrogen) atoms. The highest BCUT2D eigenvalue weighted by Gasteiger charge is 2.51. The molecule has 1 heterocycles. The zero-order chi connectivity index (χ0) is 37.5. The van der Waals surface area contributed by atoms with Gasteiger partial charge in [0.2, 0.25) is 0 Å². The topological polar surface area (TPSA) is 25.8 Å². The summed E-state index contributed by atoms with van der Waals surface area (Å²) in [6, 6.07) is 75.2. The summed E-state index contributed by atoms with van der Waals surface area (Å²) in [5.41, 5.74) is 16.9. The number of fused-ring (bicyclic) bond motifs is 17. The molecule has 0 amide bonds. The zero-order valence-corrected chi connectivity index (χ0v) is 31.0. The Kier molecular flexibility index (Phi) is 6.88. The van der Waals surface area contributed by atoms with Crippen molar-refractivity contribution in [1.29, 1.82) is 0 Å². The van der Waals surface area contributed by atoms with Crippen LogP contribution in [0.5, 0.6) is 0 Å². The maximum Gasteiger partial charge on any atom is 0.160 e. The van der Waals surface area contributed by atoms with Crippen molar-refractivity contribution in [1.82, 2.24) is 9.97 Å². The molecule has 0 N–H and O–H groups in total. The first-order valence-electron chi connectivity index (χ1n) is 19.7. The van der Waals surface area contributed by atoms with Gasteiger partial charge >= 0.3 is 0 Å². The molecule has 264 valence electrons. The Balaban J connectivity index is 1.26. The van der Waals surface area contributed by atoms with E-state index in [9.17, 15) is 0 Å². The predicted octanol–water partition coefficient (Wildman–Crippen LogP) is 13.8. The molecule has 1 atom stereocenters. The SMILES string of the molecule is c1ccc(-c2cc(-c3ccccc3)nc(-c3ccc4c(c3)C3(c5ccccc5-c5ccccc5-4)c4ccccc4-c4c3c3ccccc3c3ccccc43)n2)cc1. The summed E-state index contributed by atoms with van der Waals surface area (Å²) in [5, 5.41) is 5.09. The molecule has 2 aliphatic carbocycles. The minimum atomic E-state index is -0.671. The molecule has 12 rings (SSSR count). The van der Waals surface area contributed by atoms with Crippen molar-refractivity contribution in [2.75, 3.05) is 0 Å². The van der Waals surface area contributed by atoms with Crippen LogP contribution in [0.15, 0.2) is 206 Å².